The summed E-state index contributed by atoms with van der Waals surface area (Å²) in [5, 5.41) is 0. The number of benzene rings is 1. The first kappa shape index (κ1) is 17.0. The zero-order chi connectivity index (χ0) is 17.4. The van der Waals surface area contributed by atoms with Gasteiger partial charge >= 0.3 is 0 Å². The summed E-state index contributed by atoms with van der Waals surface area (Å²) in [7, 11) is 0. The number of hydrogen-bond donors (Lipinski definition) is 0. The Morgan fingerprint density at radius 1 is 0.792 bits per heavy atom. The molecule has 0 spiro atoms. The smallest absolute Gasteiger partial charge is 0.216 e. The fourth-order valence-corrected chi connectivity index (χ4v) is 3.07. The second kappa shape index (κ2) is 6.58. The normalized spacial score (nSPS) is 23.3. The summed E-state index contributed by atoms with van der Waals surface area (Å²) in [5.41, 5.74) is 4.47. The Labute approximate surface area is 145 Å². The van der Waals surface area contributed by atoms with Crippen molar-refractivity contribution in [3.63, 3.8) is 0 Å². The fraction of sp³-hybridized carbons (Fsp3) is 0.600. The van der Waals surface area contributed by atoms with E-state index in [1.807, 2.05) is 0 Å². The molecule has 1 aromatic rings. The van der Waals surface area contributed by atoms with E-state index in [9.17, 15) is 0 Å². The highest BCUT2D eigenvalue weighted by atomic mass is 16.5. The van der Waals surface area contributed by atoms with Gasteiger partial charge in [-0.25, -0.2) is 9.98 Å². The molecule has 0 saturated heterocycles. The van der Waals surface area contributed by atoms with E-state index < -0.39 is 0 Å². The Bertz CT molecular complexity index is 634. The van der Waals surface area contributed by atoms with Crippen molar-refractivity contribution in [2.45, 2.75) is 53.6 Å². The molecule has 2 heterocycles. The van der Waals surface area contributed by atoms with Crippen molar-refractivity contribution in [3.05, 3.63) is 34.4 Å². The third-order valence-electron chi connectivity index (χ3n) is 4.92. The lowest BCUT2D eigenvalue weighted by Crippen LogP contribution is -2.13. The lowest BCUT2D eigenvalue weighted by atomic mass is 9.99. The number of nitrogens with zero attached hydrogens (tertiary/aromatic N) is 2. The van der Waals surface area contributed by atoms with E-state index in [-0.39, 0.29) is 12.1 Å². The van der Waals surface area contributed by atoms with E-state index in [4.69, 9.17) is 19.5 Å². The molecule has 4 nitrogen and oxygen atoms in total. The molecule has 24 heavy (non-hydrogen) atoms. The van der Waals surface area contributed by atoms with E-state index in [0.29, 0.717) is 25.0 Å². The fourth-order valence-electron chi connectivity index (χ4n) is 3.07. The van der Waals surface area contributed by atoms with Gasteiger partial charge in [-0.1, -0.05) is 33.8 Å². The minimum atomic E-state index is 0.245. The zero-order valence-electron chi connectivity index (χ0n) is 15.6. The minimum Gasteiger partial charge on any atom is -0.475 e. The van der Waals surface area contributed by atoms with Crippen molar-refractivity contribution < 1.29 is 9.47 Å². The second-order valence-corrected chi connectivity index (χ2v) is 7.60. The molecule has 130 valence electrons. The van der Waals surface area contributed by atoms with Crippen LogP contribution in [0.25, 0.3) is 0 Å². The SMILES string of the molecule is Cc1cc(C)c(C2=NC(C(C)C)CO2)cc1C1=NC(C(C)C)CO1. The predicted molar refractivity (Wildman–Crippen MR) is 98.1 cm³/mol. The number of aryl methyl sites for hydroxylation is 2. The highest BCUT2D eigenvalue weighted by molar-refractivity contribution is 6.02. The lowest BCUT2D eigenvalue weighted by molar-refractivity contribution is 0.291. The molecular weight excluding hydrogens is 300 g/mol. The van der Waals surface area contributed by atoms with E-state index in [2.05, 4.69) is 53.7 Å². The summed E-state index contributed by atoms with van der Waals surface area (Å²) in [6.45, 7) is 14.3. The van der Waals surface area contributed by atoms with Crippen LogP contribution in [0.15, 0.2) is 22.1 Å². The van der Waals surface area contributed by atoms with Crippen LogP contribution in [0.5, 0.6) is 0 Å². The van der Waals surface area contributed by atoms with Crippen LogP contribution in [0.4, 0.5) is 0 Å². The molecule has 2 atom stereocenters. The molecule has 3 rings (SSSR count). The summed E-state index contributed by atoms with van der Waals surface area (Å²) in [5.74, 6) is 2.49. The summed E-state index contributed by atoms with van der Waals surface area (Å²) < 4.78 is 11.8. The van der Waals surface area contributed by atoms with Crippen LogP contribution >= 0.6 is 0 Å². The summed E-state index contributed by atoms with van der Waals surface area (Å²) in [4.78, 5) is 9.55. The summed E-state index contributed by atoms with van der Waals surface area (Å²) in [6.07, 6.45) is 0. The molecule has 2 aliphatic heterocycles. The van der Waals surface area contributed by atoms with Gasteiger partial charge in [0.15, 0.2) is 0 Å². The van der Waals surface area contributed by atoms with E-state index in [0.717, 1.165) is 22.9 Å². The molecule has 0 radical (unpaired) electrons. The second-order valence-electron chi connectivity index (χ2n) is 7.60. The van der Waals surface area contributed by atoms with Gasteiger partial charge in [-0.2, -0.15) is 0 Å². The van der Waals surface area contributed by atoms with Crippen LogP contribution < -0.4 is 0 Å². The number of ether oxygens (including phenoxy) is 2. The van der Waals surface area contributed by atoms with Gasteiger partial charge in [0.2, 0.25) is 11.8 Å². The Morgan fingerprint density at radius 3 is 1.54 bits per heavy atom. The van der Waals surface area contributed by atoms with Crippen LogP contribution in [0, 0.1) is 25.7 Å². The lowest BCUT2D eigenvalue weighted by Gasteiger charge is -2.12. The average Bonchev–Trinajstić information content (AvgIpc) is 3.16. The van der Waals surface area contributed by atoms with Crippen molar-refractivity contribution in [2.24, 2.45) is 21.8 Å². The van der Waals surface area contributed by atoms with Crippen LogP contribution in [0.2, 0.25) is 0 Å². The van der Waals surface area contributed by atoms with Crippen LogP contribution in [-0.4, -0.2) is 37.1 Å². The van der Waals surface area contributed by atoms with E-state index in [1.54, 1.807) is 0 Å². The predicted octanol–water partition coefficient (Wildman–Crippen LogP) is 3.91. The first-order valence-corrected chi connectivity index (χ1v) is 8.90. The molecule has 0 N–H and O–H groups in total. The van der Waals surface area contributed by atoms with Gasteiger partial charge in [-0.3, -0.25) is 0 Å². The van der Waals surface area contributed by atoms with Gasteiger partial charge in [0.1, 0.15) is 13.2 Å². The van der Waals surface area contributed by atoms with Gasteiger partial charge in [0.25, 0.3) is 0 Å². The van der Waals surface area contributed by atoms with Crippen LogP contribution in [-0.2, 0) is 9.47 Å². The first-order valence-electron chi connectivity index (χ1n) is 8.90. The Kier molecular flexibility index (Phi) is 4.66. The van der Waals surface area contributed by atoms with E-state index in [1.165, 1.54) is 11.1 Å². The maximum absolute atomic E-state index is 5.88. The maximum Gasteiger partial charge on any atom is 0.216 e. The van der Waals surface area contributed by atoms with Gasteiger partial charge in [0.05, 0.1) is 12.1 Å². The van der Waals surface area contributed by atoms with Gasteiger partial charge in [0, 0.05) is 11.1 Å². The third kappa shape index (κ3) is 3.19. The molecule has 0 saturated carbocycles. The zero-order valence-corrected chi connectivity index (χ0v) is 15.6. The van der Waals surface area contributed by atoms with Crippen LogP contribution in [0.1, 0.15) is 49.9 Å². The summed E-state index contributed by atoms with van der Waals surface area (Å²) >= 11 is 0. The number of aliphatic imine (C=N–C) groups is 2. The molecule has 4 heteroatoms. The minimum absolute atomic E-state index is 0.245. The highest BCUT2D eigenvalue weighted by Crippen LogP contribution is 2.25. The van der Waals surface area contributed by atoms with E-state index >= 15 is 0 Å². The third-order valence-corrected chi connectivity index (χ3v) is 4.92. The maximum atomic E-state index is 5.88. The Balaban J connectivity index is 1.96. The number of hydrogen-bond acceptors (Lipinski definition) is 4. The standard InChI is InChI=1S/C20H28N2O2/c1-11(2)17-9-23-19(21-17)15-8-16(14(6)7-13(15)5)20-22-18(10-24-20)12(3)4/h7-8,11-12,17-18H,9-10H2,1-6H3. The topological polar surface area (TPSA) is 43.2 Å². The Hall–Kier alpha value is -1.84. The molecule has 0 bridgehead atoms. The van der Waals surface area contributed by atoms with Crippen molar-refractivity contribution in [1.29, 1.82) is 0 Å². The Morgan fingerprint density at radius 2 is 1.21 bits per heavy atom. The molecule has 0 aliphatic carbocycles. The van der Waals surface area contributed by atoms with Gasteiger partial charge in [-0.15, -0.1) is 0 Å². The highest BCUT2D eigenvalue weighted by Gasteiger charge is 2.27. The molecule has 1 aromatic carbocycles. The van der Waals surface area contributed by atoms with Gasteiger partial charge in [-0.05, 0) is 42.9 Å². The molecule has 2 aliphatic rings. The molecular formula is C20H28N2O2. The quantitative estimate of drug-likeness (QED) is 0.841. The average molecular weight is 328 g/mol. The van der Waals surface area contributed by atoms with Gasteiger partial charge < -0.3 is 9.47 Å². The molecule has 0 amide bonds. The number of rotatable bonds is 4. The van der Waals surface area contributed by atoms with Crippen LogP contribution in [0.3, 0.4) is 0 Å². The first-order chi connectivity index (χ1) is 11.4. The summed E-state index contributed by atoms with van der Waals surface area (Å²) in [6, 6.07) is 4.80. The molecule has 0 fully saturated rings. The molecule has 0 aromatic heterocycles. The largest absolute Gasteiger partial charge is 0.475 e. The molecule has 2 unspecified atom stereocenters. The monoisotopic (exact) mass is 328 g/mol. The van der Waals surface area contributed by atoms with Crippen molar-refractivity contribution in [3.8, 4) is 0 Å². The van der Waals surface area contributed by atoms with Crippen molar-refractivity contribution in [2.75, 3.05) is 13.2 Å². The van der Waals surface area contributed by atoms with Crippen molar-refractivity contribution in [1.82, 2.24) is 0 Å². The van der Waals surface area contributed by atoms with Crippen molar-refractivity contribution >= 4 is 11.8 Å².